The highest BCUT2D eigenvalue weighted by atomic mass is 32.2. The van der Waals surface area contributed by atoms with E-state index in [0.717, 1.165) is 0 Å². The molecule has 0 aromatic carbocycles. The molecule has 0 fully saturated rings. The van der Waals surface area contributed by atoms with E-state index in [9.17, 15) is 13.2 Å². The Labute approximate surface area is 116 Å². The monoisotopic (exact) mass is 294 g/mol. The second-order valence-corrected chi connectivity index (χ2v) is 5.82. The Kier molecular flexibility index (Phi) is 4.26. The number of aromatic nitrogens is 3. The van der Waals surface area contributed by atoms with E-state index in [1.165, 1.54) is 29.4 Å². The van der Waals surface area contributed by atoms with Crippen molar-refractivity contribution in [2.75, 3.05) is 6.54 Å². The summed E-state index contributed by atoms with van der Waals surface area (Å²) in [5.74, 6) is 0. The highest BCUT2D eigenvalue weighted by Gasteiger charge is 2.17. The van der Waals surface area contributed by atoms with E-state index in [1.54, 1.807) is 19.1 Å². The van der Waals surface area contributed by atoms with Crippen LogP contribution in [-0.2, 0) is 16.6 Å². The molecule has 0 saturated carbocycles. The van der Waals surface area contributed by atoms with Crippen molar-refractivity contribution in [3.63, 3.8) is 0 Å². The summed E-state index contributed by atoms with van der Waals surface area (Å²) in [5, 5.41) is -0.00136. The van der Waals surface area contributed by atoms with E-state index in [2.05, 4.69) is 14.7 Å². The minimum Gasteiger partial charge on any atom is -0.298 e. The summed E-state index contributed by atoms with van der Waals surface area (Å²) < 4.78 is 27.8. The van der Waals surface area contributed by atoms with Gasteiger partial charge in [0.2, 0.25) is 0 Å². The maximum absolute atomic E-state index is 12.1. The van der Waals surface area contributed by atoms with Crippen molar-refractivity contribution < 1.29 is 8.42 Å². The molecular weight excluding hydrogens is 280 g/mol. The molecule has 0 unspecified atom stereocenters. The number of aryl methyl sites for hydroxylation is 1. The third-order valence-electron chi connectivity index (χ3n) is 2.65. The van der Waals surface area contributed by atoms with Gasteiger partial charge in [0.1, 0.15) is 0 Å². The van der Waals surface area contributed by atoms with Crippen LogP contribution in [0.3, 0.4) is 0 Å². The molecular formula is C12H14N4O3S. The molecule has 8 heteroatoms. The topological polar surface area (TPSA) is 93.9 Å². The van der Waals surface area contributed by atoms with Gasteiger partial charge in [-0.2, -0.15) is 0 Å². The van der Waals surface area contributed by atoms with E-state index in [-0.39, 0.29) is 23.7 Å². The largest absolute Gasteiger partial charge is 0.298 e. The molecule has 0 bridgehead atoms. The maximum Gasteiger partial charge on any atom is 0.258 e. The van der Waals surface area contributed by atoms with Gasteiger partial charge in [-0.1, -0.05) is 6.07 Å². The van der Waals surface area contributed by atoms with E-state index in [0.29, 0.717) is 5.56 Å². The smallest absolute Gasteiger partial charge is 0.258 e. The van der Waals surface area contributed by atoms with Gasteiger partial charge >= 0.3 is 0 Å². The molecule has 106 valence electrons. The van der Waals surface area contributed by atoms with Crippen LogP contribution in [-0.4, -0.2) is 29.5 Å². The van der Waals surface area contributed by atoms with Crippen LogP contribution in [0.1, 0.15) is 5.56 Å². The predicted octanol–water partition coefficient (Wildman–Crippen LogP) is -0.0748. The van der Waals surface area contributed by atoms with Crippen LogP contribution in [0, 0.1) is 6.92 Å². The van der Waals surface area contributed by atoms with Crippen LogP contribution >= 0.6 is 0 Å². The average molecular weight is 294 g/mol. The standard InChI is InChI=1S/C12H14N4O3S/c1-10-3-2-5-14-12(10)20(18,19)15-7-8-16-9-13-6-4-11(16)17/h2-6,9,15H,7-8H2,1H3. The molecule has 0 atom stereocenters. The number of sulfonamides is 1. The molecule has 0 aliphatic rings. The normalized spacial score (nSPS) is 11.4. The Bertz CT molecular complexity index is 755. The van der Waals surface area contributed by atoms with Gasteiger partial charge < -0.3 is 0 Å². The van der Waals surface area contributed by atoms with Crippen molar-refractivity contribution in [2.45, 2.75) is 18.5 Å². The Morgan fingerprint density at radius 3 is 2.80 bits per heavy atom. The van der Waals surface area contributed by atoms with Crippen molar-refractivity contribution >= 4 is 10.0 Å². The average Bonchev–Trinajstić information content (AvgIpc) is 2.41. The number of nitrogens with zero attached hydrogens (tertiary/aromatic N) is 3. The highest BCUT2D eigenvalue weighted by molar-refractivity contribution is 7.89. The fourth-order valence-electron chi connectivity index (χ4n) is 1.67. The molecule has 2 aromatic heterocycles. The molecule has 20 heavy (non-hydrogen) atoms. The minimum absolute atomic E-state index is 0.00136. The molecule has 0 aliphatic heterocycles. The zero-order valence-corrected chi connectivity index (χ0v) is 11.7. The third-order valence-corrected chi connectivity index (χ3v) is 4.17. The van der Waals surface area contributed by atoms with E-state index in [4.69, 9.17) is 0 Å². The molecule has 2 rings (SSSR count). The zero-order valence-electron chi connectivity index (χ0n) is 10.9. The van der Waals surface area contributed by atoms with Crippen LogP contribution in [0.15, 0.2) is 46.7 Å². The molecule has 0 aliphatic carbocycles. The first-order chi connectivity index (χ1) is 9.50. The van der Waals surface area contributed by atoms with Gasteiger partial charge in [-0.25, -0.2) is 23.1 Å². The number of hydrogen-bond acceptors (Lipinski definition) is 5. The van der Waals surface area contributed by atoms with Gasteiger partial charge in [-0.15, -0.1) is 0 Å². The summed E-state index contributed by atoms with van der Waals surface area (Å²) in [6, 6.07) is 4.66. The van der Waals surface area contributed by atoms with Gasteiger partial charge in [0.05, 0.1) is 6.33 Å². The lowest BCUT2D eigenvalue weighted by Gasteiger charge is -2.08. The first-order valence-corrected chi connectivity index (χ1v) is 7.41. The van der Waals surface area contributed by atoms with E-state index >= 15 is 0 Å². The van der Waals surface area contributed by atoms with Crippen molar-refractivity contribution in [3.05, 3.63) is 52.8 Å². The van der Waals surface area contributed by atoms with Gasteiger partial charge in [0, 0.05) is 31.5 Å². The summed E-state index contributed by atoms with van der Waals surface area (Å²) in [5.41, 5.74) is 0.340. The Morgan fingerprint density at radius 2 is 2.10 bits per heavy atom. The molecule has 2 heterocycles. The summed E-state index contributed by atoms with van der Waals surface area (Å²) in [7, 11) is -3.67. The zero-order chi connectivity index (χ0) is 14.6. The fourth-order valence-corrected chi connectivity index (χ4v) is 2.86. The van der Waals surface area contributed by atoms with Crippen LogP contribution < -0.4 is 10.3 Å². The second-order valence-electron chi connectivity index (χ2n) is 4.14. The van der Waals surface area contributed by atoms with Crippen molar-refractivity contribution in [2.24, 2.45) is 0 Å². The van der Waals surface area contributed by atoms with Crippen molar-refractivity contribution in [1.29, 1.82) is 0 Å². The third kappa shape index (κ3) is 3.28. The first-order valence-electron chi connectivity index (χ1n) is 5.92. The van der Waals surface area contributed by atoms with Crippen LogP contribution in [0.25, 0.3) is 0 Å². The van der Waals surface area contributed by atoms with Gasteiger partial charge in [-0.3, -0.25) is 9.36 Å². The molecule has 0 radical (unpaired) electrons. The van der Waals surface area contributed by atoms with Gasteiger partial charge in [0.15, 0.2) is 5.03 Å². The lowest BCUT2D eigenvalue weighted by Crippen LogP contribution is -2.31. The Hall–Kier alpha value is -2.06. The number of hydrogen-bond donors (Lipinski definition) is 1. The first kappa shape index (κ1) is 14.4. The lowest BCUT2D eigenvalue weighted by molar-refractivity contribution is 0.564. The number of rotatable bonds is 5. The van der Waals surface area contributed by atoms with Crippen molar-refractivity contribution in [3.8, 4) is 0 Å². The van der Waals surface area contributed by atoms with Gasteiger partial charge in [0.25, 0.3) is 15.6 Å². The SMILES string of the molecule is Cc1cccnc1S(=O)(=O)NCCn1cnccc1=O. The quantitative estimate of drug-likeness (QED) is 0.832. The van der Waals surface area contributed by atoms with Crippen LogP contribution in [0.4, 0.5) is 0 Å². The molecule has 7 nitrogen and oxygen atoms in total. The number of pyridine rings is 1. The van der Waals surface area contributed by atoms with Gasteiger partial charge in [-0.05, 0) is 18.6 Å². The Morgan fingerprint density at radius 1 is 1.30 bits per heavy atom. The number of nitrogens with one attached hydrogen (secondary N) is 1. The molecule has 0 saturated heterocycles. The second kappa shape index (κ2) is 5.93. The molecule has 0 amide bonds. The summed E-state index contributed by atoms with van der Waals surface area (Å²) in [6.45, 7) is 1.97. The van der Waals surface area contributed by atoms with Crippen LogP contribution in [0.5, 0.6) is 0 Å². The Balaban J connectivity index is 2.06. The summed E-state index contributed by atoms with van der Waals surface area (Å²) >= 11 is 0. The molecule has 0 spiro atoms. The van der Waals surface area contributed by atoms with Crippen molar-refractivity contribution in [1.82, 2.24) is 19.3 Å². The summed E-state index contributed by atoms with van der Waals surface area (Å²) in [6.07, 6.45) is 4.18. The molecule has 2 aromatic rings. The maximum atomic E-state index is 12.1. The van der Waals surface area contributed by atoms with Crippen LogP contribution in [0.2, 0.25) is 0 Å². The highest BCUT2D eigenvalue weighted by Crippen LogP contribution is 2.09. The lowest BCUT2D eigenvalue weighted by atomic mass is 10.3. The van der Waals surface area contributed by atoms with E-state index in [1.807, 2.05) is 0 Å². The minimum atomic E-state index is -3.67. The molecule has 1 N–H and O–H groups in total. The fraction of sp³-hybridized carbons (Fsp3) is 0.250. The summed E-state index contributed by atoms with van der Waals surface area (Å²) in [4.78, 5) is 19.1. The van der Waals surface area contributed by atoms with E-state index < -0.39 is 10.0 Å². The predicted molar refractivity (Wildman–Crippen MR) is 72.7 cm³/mol.